The highest BCUT2D eigenvalue weighted by Gasteiger charge is 2.02. The zero-order valence-corrected chi connectivity index (χ0v) is 11.1. The molecule has 5 heteroatoms. The van der Waals surface area contributed by atoms with Crippen molar-refractivity contribution in [3.8, 4) is 0 Å². The topological polar surface area (TPSA) is 50.1 Å². The van der Waals surface area contributed by atoms with Gasteiger partial charge in [0.05, 0.1) is 11.4 Å². The molecule has 0 heterocycles. The summed E-state index contributed by atoms with van der Waals surface area (Å²) in [5.74, 6) is 0. The molecule has 0 aromatic heterocycles. The first kappa shape index (κ1) is 12.7. The van der Waals surface area contributed by atoms with Crippen molar-refractivity contribution >= 4 is 46.0 Å². The van der Waals surface area contributed by atoms with Crippen LogP contribution in [0.2, 0.25) is 5.02 Å². The molecule has 18 heavy (non-hydrogen) atoms. The molecule has 2 aromatic rings. The van der Waals surface area contributed by atoms with E-state index >= 15 is 0 Å². The van der Waals surface area contributed by atoms with E-state index < -0.39 is 0 Å². The molecule has 0 fully saturated rings. The number of hydrogen-bond donors (Lipinski definition) is 3. The zero-order chi connectivity index (χ0) is 13.0. The molecule has 2 rings (SSSR count). The number of anilines is 3. The molecule has 0 aliphatic rings. The standard InChI is InChI=1S/C13H12ClN3S/c14-9-5-7-10(8-6-9)16-11-3-1-2-4-12(11)17-13(15)18/h1-8,16H,(H3,15,17,18). The van der Waals surface area contributed by atoms with Gasteiger partial charge in [0.1, 0.15) is 0 Å². The van der Waals surface area contributed by atoms with Crippen molar-refractivity contribution in [3.63, 3.8) is 0 Å². The summed E-state index contributed by atoms with van der Waals surface area (Å²) in [6.07, 6.45) is 0. The number of hydrogen-bond acceptors (Lipinski definition) is 2. The van der Waals surface area contributed by atoms with Crippen LogP contribution in [0, 0.1) is 0 Å². The minimum atomic E-state index is 0.236. The predicted molar refractivity (Wildman–Crippen MR) is 81.6 cm³/mol. The second-order valence-corrected chi connectivity index (χ2v) is 4.54. The van der Waals surface area contributed by atoms with Gasteiger partial charge in [-0.3, -0.25) is 0 Å². The van der Waals surface area contributed by atoms with Crippen molar-refractivity contribution in [3.05, 3.63) is 53.6 Å². The van der Waals surface area contributed by atoms with Crippen LogP contribution in [0.25, 0.3) is 0 Å². The molecule has 0 radical (unpaired) electrons. The van der Waals surface area contributed by atoms with E-state index in [-0.39, 0.29) is 5.11 Å². The fourth-order valence-electron chi connectivity index (χ4n) is 1.52. The van der Waals surface area contributed by atoms with Crippen molar-refractivity contribution in [2.24, 2.45) is 5.73 Å². The average Bonchev–Trinajstić information content (AvgIpc) is 2.34. The Morgan fingerprint density at radius 3 is 2.22 bits per heavy atom. The third-order valence-corrected chi connectivity index (χ3v) is 2.66. The van der Waals surface area contributed by atoms with E-state index in [9.17, 15) is 0 Å². The van der Waals surface area contributed by atoms with Crippen molar-refractivity contribution in [1.82, 2.24) is 0 Å². The number of para-hydroxylation sites is 2. The van der Waals surface area contributed by atoms with Gasteiger partial charge < -0.3 is 16.4 Å². The van der Waals surface area contributed by atoms with E-state index in [0.29, 0.717) is 5.02 Å². The number of nitrogens with one attached hydrogen (secondary N) is 2. The lowest BCUT2D eigenvalue weighted by Crippen LogP contribution is -2.19. The van der Waals surface area contributed by atoms with Gasteiger partial charge in [-0.05, 0) is 48.6 Å². The maximum absolute atomic E-state index is 5.84. The highest BCUT2D eigenvalue weighted by atomic mass is 35.5. The molecular formula is C13H12ClN3S. The molecule has 0 saturated heterocycles. The lowest BCUT2D eigenvalue weighted by molar-refractivity contribution is 1.53. The summed E-state index contributed by atoms with van der Waals surface area (Å²) in [4.78, 5) is 0. The van der Waals surface area contributed by atoms with Gasteiger partial charge in [-0.1, -0.05) is 23.7 Å². The van der Waals surface area contributed by atoms with Gasteiger partial charge >= 0.3 is 0 Å². The van der Waals surface area contributed by atoms with Crippen LogP contribution in [0.4, 0.5) is 17.1 Å². The second-order valence-electron chi connectivity index (χ2n) is 3.67. The number of benzene rings is 2. The largest absolute Gasteiger partial charge is 0.376 e. The van der Waals surface area contributed by atoms with E-state index in [4.69, 9.17) is 29.6 Å². The van der Waals surface area contributed by atoms with Gasteiger partial charge in [-0.25, -0.2) is 0 Å². The lowest BCUT2D eigenvalue weighted by atomic mass is 10.2. The van der Waals surface area contributed by atoms with Crippen molar-refractivity contribution in [2.45, 2.75) is 0 Å². The molecule has 0 saturated carbocycles. The quantitative estimate of drug-likeness (QED) is 0.748. The molecule has 3 nitrogen and oxygen atoms in total. The molecule has 0 aliphatic heterocycles. The van der Waals surface area contributed by atoms with E-state index in [1.165, 1.54) is 0 Å². The molecule has 0 amide bonds. The minimum absolute atomic E-state index is 0.236. The molecule has 0 aliphatic carbocycles. The summed E-state index contributed by atoms with van der Waals surface area (Å²) in [7, 11) is 0. The highest BCUT2D eigenvalue weighted by molar-refractivity contribution is 7.80. The number of thiocarbonyl (C=S) groups is 1. The van der Waals surface area contributed by atoms with Gasteiger partial charge in [0, 0.05) is 10.7 Å². The Hall–Kier alpha value is -1.78. The first-order chi connectivity index (χ1) is 8.65. The van der Waals surface area contributed by atoms with E-state index in [1.807, 2.05) is 48.5 Å². The van der Waals surface area contributed by atoms with Crippen LogP contribution in [0.3, 0.4) is 0 Å². The van der Waals surface area contributed by atoms with Crippen LogP contribution in [-0.2, 0) is 0 Å². The molecule has 2 aromatic carbocycles. The van der Waals surface area contributed by atoms with Crippen molar-refractivity contribution < 1.29 is 0 Å². The minimum Gasteiger partial charge on any atom is -0.376 e. The SMILES string of the molecule is NC(=S)Nc1ccccc1Nc1ccc(Cl)cc1. The Morgan fingerprint density at radius 1 is 1.00 bits per heavy atom. The molecule has 4 N–H and O–H groups in total. The van der Waals surface area contributed by atoms with Gasteiger partial charge in [0.25, 0.3) is 0 Å². The monoisotopic (exact) mass is 277 g/mol. The lowest BCUT2D eigenvalue weighted by Gasteiger charge is -2.12. The Balaban J connectivity index is 2.23. The zero-order valence-electron chi connectivity index (χ0n) is 9.48. The number of rotatable bonds is 3. The van der Waals surface area contributed by atoms with Crippen LogP contribution in [0.15, 0.2) is 48.5 Å². The van der Waals surface area contributed by atoms with E-state index in [2.05, 4.69) is 10.6 Å². The Bertz CT molecular complexity index is 554. The molecule has 0 atom stereocenters. The predicted octanol–water partition coefficient (Wildman–Crippen LogP) is 3.74. The van der Waals surface area contributed by atoms with Crippen LogP contribution in [0.5, 0.6) is 0 Å². The highest BCUT2D eigenvalue weighted by Crippen LogP contribution is 2.25. The fourth-order valence-corrected chi connectivity index (χ4v) is 1.76. The Labute approximate surface area is 116 Å². The third kappa shape index (κ3) is 3.35. The fraction of sp³-hybridized carbons (Fsp3) is 0. The number of halogens is 1. The Kier molecular flexibility index (Phi) is 4.02. The maximum Gasteiger partial charge on any atom is 0.168 e. The van der Waals surface area contributed by atoms with Crippen LogP contribution in [0.1, 0.15) is 0 Å². The van der Waals surface area contributed by atoms with Crippen molar-refractivity contribution in [1.29, 1.82) is 0 Å². The molecule has 0 unspecified atom stereocenters. The van der Waals surface area contributed by atoms with Gasteiger partial charge in [-0.15, -0.1) is 0 Å². The second kappa shape index (κ2) is 5.71. The normalized spacial score (nSPS) is 9.83. The van der Waals surface area contributed by atoms with E-state index in [0.717, 1.165) is 17.1 Å². The summed E-state index contributed by atoms with van der Waals surface area (Å²) in [5.41, 5.74) is 8.15. The summed E-state index contributed by atoms with van der Waals surface area (Å²) in [5, 5.41) is 7.13. The molecule has 0 spiro atoms. The summed E-state index contributed by atoms with van der Waals surface area (Å²) < 4.78 is 0. The average molecular weight is 278 g/mol. The summed E-state index contributed by atoms with van der Waals surface area (Å²) in [6.45, 7) is 0. The maximum atomic E-state index is 5.84. The molecule has 92 valence electrons. The van der Waals surface area contributed by atoms with Crippen LogP contribution >= 0.6 is 23.8 Å². The van der Waals surface area contributed by atoms with Gasteiger partial charge in [0.15, 0.2) is 5.11 Å². The molecular weight excluding hydrogens is 266 g/mol. The first-order valence-corrected chi connectivity index (χ1v) is 6.12. The molecule has 0 bridgehead atoms. The first-order valence-electron chi connectivity index (χ1n) is 5.33. The summed E-state index contributed by atoms with van der Waals surface area (Å²) >= 11 is 10.7. The van der Waals surface area contributed by atoms with Gasteiger partial charge in [0.2, 0.25) is 0 Å². The summed E-state index contributed by atoms with van der Waals surface area (Å²) in [6, 6.07) is 15.1. The van der Waals surface area contributed by atoms with E-state index in [1.54, 1.807) is 0 Å². The van der Waals surface area contributed by atoms with Crippen molar-refractivity contribution in [2.75, 3.05) is 10.6 Å². The Morgan fingerprint density at radius 2 is 1.61 bits per heavy atom. The van der Waals surface area contributed by atoms with Crippen LogP contribution < -0.4 is 16.4 Å². The van der Waals surface area contributed by atoms with Gasteiger partial charge in [-0.2, -0.15) is 0 Å². The smallest absolute Gasteiger partial charge is 0.168 e. The van der Waals surface area contributed by atoms with Crippen LogP contribution in [-0.4, -0.2) is 5.11 Å². The third-order valence-electron chi connectivity index (χ3n) is 2.31. The number of nitrogens with two attached hydrogens (primary N) is 1.